The van der Waals surface area contributed by atoms with Crippen molar-refractivity contribution in [1.29, 1.82) is 0 Å². The van der Waals surface area contributed by atoms with Gasteiger partial charge in [0.15, 0.2) is 0 Å². The zero-order valence-electron chi connectivity index (χ0n) is 11.9. The van der Waals surface area contributed by atoms with Crippen molar-refractivity contribution in [2.24, 2.45) is 7.05 Å². The first kappa shape index (κ1) is 14.7. The Labute approximate surface area is 122 Å². The normalized spacial score (nSPS) is 11.9. The minimum absolute atomic E-state index is 0.223. The van der Waals surface area contributed by atoms with Gasteiger partial charge in [-0.15, -0.1) is 0 Å². The Morgan fingerprint density at radius 3 is 2.90 bits per heavy atom. The SMILES string of the molecule is C[C@H](COc1ccc(N)cc1-c1ccnn1C)NC(=O)O. The molecule has 7 heteroatoms. The Kier molecular flexibility index (Phi) is 4.32. The van der Waals surface area contributed by atoms with E-state index in [1.807, 2.05) is 19.2 Å². The van der Waals surface area contributed by atoms with Crippen molar-refractivity contribution in [3.05, 3.63) is 30.5 Å². The van der Waals surface area contributed by atoms with Crippen LogP contribution >= 0.6 is 0 Å². The average molecular weight is 290 g/mol. The Morgan fingerprint density at radius 1 is 1.52 bits per heavy atom. The van der Waals surface area contributed by atoms with E-state index in [0.717, 1.165) is 11.3 Å². The van der Waals surface area contributed by atoms with Gasteiger partial charge < -0.3 is 20.9 Å². The lowest BCUT2D eigenvalue weighted by Crippen LogP contribution is -2.35. The zero-order valence-corrected chi connectivity index (χ0v) is 11.9. The van der Waals surface area contributed by atoms with Crippen LogP contribution in [0.2, 0.25) is 0 Å². The highest BCUT2D eigenvalue weighted by molar-refractivity contribution is 5.71. The summed E-state index contributed by atoms with van der Waals surface area (Å²) < 4.78 is 7.43. The molecule has 0 spiro atoms. The predicted molar refractivity (Wildman–Crippen MR) is 79.2 cm³/mol. The monoisotopic (exact) mass is 290 g/mol. The summed E-state index contributed by atoms with van der Waals surface area (Å²) in [6.45, 7) is 1.95. The van der Waals surface area contributed by atoms with Gasteiger partial charge in [-0.25, -0.2) is 4.79 Å². The van der Waals surface area contributed by atoms with Crippen molar-refractivity contribution in [3.8, 4) is 17.0 Å². The van der Waals surface area contributed by atoms with Crippen LogP contribution in [0.5, 0.6) is 5.75 Å². The van der Waals surface area contributed by atoms with Crippen LogP contribution in [0.25, 0.3) is 11.3 Å². The molecule has 0 aliphatic carbocycles. The van der Waals surface area contributed by atoms with Gasteiger partial charge in [0.1, 0.15) is 12.4 Å². The van der Waals surface area contributed by atoms with Gasteiger partial charge in [0.2, 0.25) is 0 Å². The van der Waals surface area contributed by atoms with E-state index in [2.05, 4.69) is 10.4 Å². The van der Waals surface area contributed by atoms with Gasteiger partial charge >= 0.3 is 6.09 Å². The molecule has 0 unspecified atom stereocenters. The molecular formula is C14H18N4O3. The molecule has 0 bridgehead atoms. The number of hydrogen-bond donors (Lipinski definition) is 3. The summed E-state index contributed by atoms with van der Waals surface area (Å²) >= 11 is 0. The molecule has 21 heavy (non-hydrogen) atoms. The molecule has 0 fully saturated rings. The third-order valence-corrected chi connectivity index (χ3v) is 2.96. The number of benzene rings is 1. The number of anilines is 1. The second-order valence-corrected chi connectivity index (χ2v) is 4.76. The van der Waals surface area contributed by atoms with E-state index in [4.69, 9.17) is 15.6 Å². The second-order valence-electron chi connectivity index (χ2n) is 4.76. The molecule has 0 saturated carbocycles. The first-order valence-electron chi connectivity index (χ1n) is 6.47. The van der Waals surface area contributed by atoms with Crippen LogP contribution in [0.15, 0.2) is 30.5 Å². The number of carboxylic acid groups (broad SMARTS) is 1. The summed E-state index contributed by atoms with van der Waals surface area (Å²) in [4.78, 5) is 10.6. The van der Waals surface area contributed by atoms with E-state index in [-0.39, 0.29) is 12.6 Å². The summed E-state index contributed by atoms with van der Waals surface area (Å²) in [5, 5.41) is 15.1. The van der Waals surface area contributed by atoms with Crippen LogP contribution in [-0.2, 0) is 7.05 Å². The van der Waals surface area contributed by atoms with E-state index < -0.39 is 6.09 Å². The molecule has 1 amide bonds. The average Bonchev–Trinajstić information content (AvgIpc) is 2.82. The molecule has 2 rings (SSSR count). The maximum atomic E-state index is 10.6. The number of carbonyl (C=O) groups is 1. The number of ether oxygens (including phenoxy) is 1. The molecule has 0 aliphatic heterocycles. The van der Waals surface area contributed by atoms with Gasteiger partial charge in [0, 0.05) is 24.5 Å². The molecule has 2 aromatic rings. The van der Waals surface area contributed by atoms with Crippen molar-refractivity contribution in [3.63, 3.8) is 0 Å². The highest BCUT2D eigenvalue weighted by Crippen LogP contribution is 2.31. The summed E-state index contributed by atoms with van der Waals surface area (Å²) in [5.74, 6) is 0.631. The molecule has 1 aromatic carbocycles. The van der Waals surface area contributed by atoms with Gasteiger partial charge in [-0.2, -0.15) is 5.10 Å². The van der Waals surface area contributed by atoms with Crippen LogP contribution in [0.1, 0.15) is 6.92 Å². The van der Waals surface area contributed by atoms with Crippen molar-refractivity contribution in [2.45, 2.75) is 13.0 Å². The molecule has 1 aromatic heterocycles. The van der Waals surface area contributed by atoms with Crippen molar-refractivity contribution in [1.82, 2.24) is 15.1 Å². The first-order chi connectivity index (χ1) is 9.97. The Hall–Kier alpha value is -2.70. The van der Waals surface area contributed by atoms with Crippen LogP contribution < -0.4 is 15.8 Å². The van der Waals surface area contributed by atoms with Gasteiger partial charge in [0.25, 0.3) is 0 Å². The number of nitrogens with zero attached hydrogens (tertiary/aromatic N) is 2. The number of aromatic nitrogens is 2. The fourth-order valence-electron chi connectivity index (χ4n) is 1.98. The maximum Gasteiger partial charge on any atom is 0.404 e. The Morgan fingerprint density at radius 2 is 2.29 bits per heavy atom. The van der Waals surface area contributed by atoms with Crippen LogP contribution in [0.3, 0.4) is 0 Å². The lowest BCUT2D eigenvalue weighted by Gasteiger charge is -2.16. The maximum absolute atomic E-state index is 10.6. The van der Waals surface area contributed by atoms with Crippen LogP contribution in [0.4, 0.5) is 10.5 Å². The minimum Gasteiger partial charge on any atom is -0.491 e. The van der Waals surface area contributed by atoms with Crippen LogP contribution in [-0.4, -0.2) is 33.6 Å². The van der Waals surface area contributed by atoms with E-state index in [0.29, 0.717) is 11.4 Å². The molecule has 4 N–H and O–H groups in total. The third kappa shape index (κ3) is 3.65. The number of rotatable bonds is 5. The summed E-state index contributed by atoms with van der Waals surface area (Å²) in [6.07, 6.45) is 0.618. The number of hydrogen-bond acceptors (Lipinski definition) is 4. The van der Waals surface area contributed by atoms with Crippen molar-refractivity contribution >= 4 is 11.8 Å². The fraction of sp³-hybridized carbons (Fsp3) is 0.286. The molecule has 1 heterocycles. The standard InChI is InChI=1S/C14H18N4O3/c1-9(17-14(19)20)8-21-13-4-3-10(15)7-11(13)12-5-6-16-18(12)2/h3-7,9,17H,8,15H2,1-2H3,(H,19,20)/t9-/m1/s1. The first-order valence-corrected chi connectivity index (χ1v) is 6.47. The van der Waals surface area contributed by atoms with Gasteiger partial charge in [-0.1, -0.05) is 0 Å². The van der Waals surface area contributed by atoms with Gasteiger partial charge in [-0.05, 0) is 31.2 Å². The molecule has 1 atom stereocenters. The lowest BCUT2D eigenvalue weighted by molar-refractivity contribution is 0.183. The number of nitrogens with two attached hydrogens (primary N) is 1. The van der Waals surface area contributed by atoms with Crippen molar-refractivity contribution < 1.29 is 14.6 Å². The van der Waals surface area contributed by atoms with Gasteiger partial charge in [-0.3, -0.25) is 4.68 Å². The summed E-state index contributed by atoms with van der Waals surface area (Å²) in [6, 6.07) is 6.86. The Balaban J connectivity index is 2.20. The quantitative estimate of drug-likeness (QED) is 0.727. The number of amides is 1. The molecule has 7 nitrogen and oxygen atoms in total. The minimum atomic E-state index is -1.07. The third-order valence-electron chi connectivity index (χ3n) is 2.96. The smallest absolute Gasteiger partial charge is 0.404 e. The van der Waals surface area contributed by atoms with E-state index >= 15 is 0 Å². The molecule has 112 valence electrons. The second kappa shape index (κ2) is 6.17. The molecule has 0 aliphatic rings. The predicted octanol–water partition coefficient (Wildman–Crippen LogP) is 1.70. The topological polar surface area (TPSA) is 102 Å². The highest BCUT2D eigenvalue weighted by Gasteiger charge is 2.12. The molecule has 0 radical (unpaired) electrons. The lowest BCUT2D eigenvalue weighted by atomic mass is 10.1. The Bertz CT molecular complexity index is 639. The van der Waals surface area contributed by atoms with Gasteiger partial charge in [0.05, 0.1) is 11.7 Å². The van der Waals surface area contributed by atoms with E-state index in [9.17, 15) is 4.79 Å². The van der Waals surface area contributed by atoms with Crippen LogP contribution in [0, 0.1) is 0 Å². The fourth-order valence-corrected chi connectivity index (χ4v) is 1.98. The van der Waals surface area contributed by atoms with E-state index in [1.54, 1.807) is 29.9 Å². The number of nitrogens with one attached hydrogen (secondary N) is 1. The zero-order chi connectivity index (χ0) is 15.4. The largest absolute Gasteiger partial charge is 0.491 e. The number of aryl methyl sites for hydroxylation is 1. The summed E-state index contributed by atoms with van der Waals surface area (Å²) in [7, 11) is 1.83. The highest BCUT2D eigenvalue weighted by atomic mass is 16.5. The molecular weight excluding hydrogens is 272 g/mol. The van der Waals surface area contributed by atoms with E-state index in [1.165, 1.54) is 0 Å². The molecule has 0 saturated heterocycles. The van der Waals surface area contributed by atoms with Crippen molar-refractivity contribution in [2.75, 3.05) is 12.3 Å². The summed E-state index contributed by atoms with van der Waals surface area (Å²) in [5.41, 5.74) is 8.14. The number of nitrogen functional groups attached to an aromatic ring is 1.